The number of rotatable bonds is 5. The number of aliphatic hydroxyl groups excluding tert-OH is 1. The molecular weight excluding hydrogens is 298 g/mol. The summed E-state index contributed by atoms with van der Waals surface area (Å²) in [5, 5.41) is 14.4. The summed E-state index contributed by atoms with van der Waals surface area (Å²) in [4.78, 5) is 14.3. The molecule has 1 saturated heterocycles. The average molecular weight is 323 g/mol. The summed E-state index contributed by atoms with van der Waals surface area (Å²) < 4.78 is 5.77. The summed E-state index contributed by atoms with van der Waals surface area (Å²) in [6, 6.07) is 2.08. The fraction of sp³-hybridized carbons (Fsp3) is 0.706. The zero-order valence-electron chi connectivity index (χ0n) is 13.2. The molecule has 1 aliphatic heterocycles. The summed E-state index contributed by atoms with van der Waals surface area (Å²) in [5.74, 6) is 0.239. The van der Waals surface area contributed by atoms with Crippen LogP contribution in [0.1, 0.15) is 38.2 Å². The normalized spacial score (nSPS) is 26.9. The molecule has 2 unspecified atom stereocenters. The first kappa shape index (κ1) is 16.0. The van der Waals surface area contributed by atoms with Crippen molar-refractivity contribution in [2.24, 2.45) is 5.41 Å². The highest BCUT2D eigenvalue weighted by Crippen LogP contribution is 2.50. The van der Waals surface area contributed by atoms with Crippen LogP contribution in [0.2, 0.25) is 0 Å². The quantitative estimate of drug-likeness (QED) is 0.905. The highest BCUT2D eigenvalue weighted by molar-refractivity contribution is 7.07. The Morgan fingerprint density at radius 2 is 2.27 bits per heavy atom. The van der Waals surface area contributed by atoms with Crippen LogP contribution >= 0.6 is 11.3 Å². The topological polar surface area (TPSA) is 49.8 Å². The van der Waals surface area contributed by atoms with Crippen molar-refractivity contribution >= 4 is 17.2 Å². The Morgan fingerprint density at radius 3 is 2.86 bits per heavy atom. The minimum Gasteiger partial charge on any atom is -0.392 e. The molecule has 1 spiro atoms. The number of thiophene rings is 1. The lowest BCUT2D eigenvalue weighted by atomic mass is 9.58. The second-order valence-corrected chi connectivity index (χ2v) is 7.22. The Morgan fingerprint density at radius 1 is 1.50 bits per heavy atom. The van der Waals surface area contributed by atoms with E-state index in [2.05, 4.69) is 16.8 Å². The van der Waals surface area contributed by atoms with Crippen molar-refractivity contribution in [3.05, 3.63) is 22.4 Å². The lowest BCUT2D eigenvalue weighted by Crippen LogP contribution is -2.62. The van der Waals surface area contributed by atoms with Crippen molar-refractivity contribution in [2.45, 2.75) is 51.2 Å². The summed E-state index contributed by atoms with van der Waals surface area (Å²) in [7, 11) is 0. The molecule has 5 heteroatoms. The highest BCUT2D eigenvalue weighted by Gasteiger charge is 2.56. The minimum atomic E-state index is -0.257. The van der Waals surface area contributed by atoms with Crippen LogP contribution in [-0.2, 0) is 16.0 Å². The van der Waals surface area contributed by atoms with E-state index in [1.54, 1.807) is 11.3 Å². The molecule has 122 valence electrons. The van der Waals surface area contributed by atoms with Crippen LogP contribution in [0.15, 0.2) is 16.8 Å². The van der Waals surface area contributed by atoms with E-state index in [1.807, 2.05) is 11.8 Å². The van der Waals surface area contributed by atoms with Crippen LogP contribution in [0.4, 0.5) is 0 Å². The number of carbonyl (C=O) groups is 1. The van der Waals surface area contributed by atoms with Crippen molar-refractivity contribution in [1.29, 1.82) is 0 Å². The molecule has 0 radical (unpaired) electrons. The third-order valence-electron chi connectivity index (χ3n) is 5.36. The van der Waals surface area contributed by atoms with E-state index < -0.39 is 0 Å². The van der Waals surface area contributed by atoms with Crippen molar-refractivity contribution in [3.8, 4) is 0 Å². The first-order chi connectivity index (χ1) is 10.7. The third-order valence-corrected chi connectivity index (χ3v) is 6.10. The molecule has 0 aromatic carbocycles. The smallest absolute Gasteiger partial charge is 0.222 e. The standard InChI is InChI=1S/C17H25NO3S/c1-2-21-15-11-14(19)17(15)6-8-18(9-7-17)16(20)4-3-13-5-10-22-12-13/h5,10,12,14-15,19H,2-4,6-9,11H2,1H3. The summed E-state index contributed by atoms with van der Waals surface area (Å²) in [5.41, 5.74) is 1.15. The first-order valence-corrected chi connectivity index (χ1v) is 9.18. The fourth-order valence-electron chi connectivity index (χ4n) is 3.83. The van der Waals surface area contributed by atoms with Crippen LogP contribution in [0.25, 0.3) is 0 Å². The zero-order valence-corrected chi connectivity index (χ0v) is 14.0. The number of piperidine rings is 1. The number of hydrogen-bond donors (Lipinski definition) is 1. The van der Waals surface area contributed by atoms with Crippen molar-refractivity contribution in [1.82, 2.24) is 4.90 Å². The summed E-state index contributed by atoms with van der Waals surface area (Å²) in [6.07, 6.45) is 3.81. The number of aryl methyl sites for hydroxylation is 1. The van der Waals surface area contributed by atoms with E-state index in [0.29, 0.717) is 13.0 Å². The summed E-state index contributed by atoms with van der Waals surface area (Å²) in [6.45, 7) is 4.20. The van der Waals surface area contributed by atoms with Crippen LogP contribution in [0.3, 0.4) is 0 Å². The molecular formula is C17H25NO3S. The molecule has 0 bridgehead atoms. The predicted octanol–water partition coefficient (Wildman–Crippen LogP) is 2.46. The molecule has 2 aliphatic rings. The molecule has 1 saturated carbocycles. The number of ether oxygens (including phenoxy) is 1. The van der Waals surface area contributed by atoms with Crippen LogP contribution in [0.5, 0.6) is 0 Å². The Hall–Kier alpha value is -0.910. The van der Waals surface area contributed by atoms with Crippen molar-refractivity contribution in [2.75, 3.05) is 19.7 Å². The Labute approximate surface area is 136 Å². The van der Waals surface area contributed by atoms with Gasteiger partial charge in [-0.1, -0.05) is 0 Å². The first-order valence-electron chi connectivity index (χ1n) is 8.24. The molecule has 1 aromatic rings. The van der Waals surface area contributed by atoms with Crippen molar-refractivity contribution in [3.63, 3.8) is 0 Å². The van der Waals surface area contributed by atoms with Crippen molar-refractivity contribution < 1.29 is 14.6 Å². The number of nitrogens with zero attached hydrogens (tertiary/aromatic N) is 1. The van der Waals surface area contributed by atoms with E-state index in [0.717, 1.165) is 38.8 Å². The van der Waals surface area contributed by atoms with Gasteiger partial charge in [-0.3, -0.25) is 4.79 Å². The zero-order chi connectivity index (χ0) is 15.6. The maximum Gasteiger partial charge on any atom is 0.222 e. The summed E-state index contributed by atoms with van der Waals surface area (Å²) >= 11 is 1.68. The highest BCUT2D eigenvalue weighted by atomic mass is 32.1. The molecule has 1 N–H and O–H groups in total. The SMILES string of the molecule is CCOC1CC(O)C12CCN(C(=O)CCc1ccsc1)CC2. The fourth-order valence-corrected chi connectivity index (χ4v) is 4.54. The minimum absolute atomic E-state index is 0.0971. The van der Waals surface area contributed by atoms with Gasteiger partial charge < -0.3 is 14.7 Å². The van der Waals surface area contributed by atoms with E-state index in [9.17, 15) is 9.90 Å². The van der Waals surface area contributed by atoms with Crippen LogP contribution in [-0.4, -0.2) is 47.8 Å². The molecule has 2 atom stereocenters. The van der Waals surface area contributed by atoms with E-state index in [1.165, 1.54) is 5.56 Å². The van der Waals surface area contributed by atoms with Gasteiger partial charge in [0.15, 0.2) is 0 Å². The Kier molecular flexibility index (Phi) is 4.85. The molecule has 2 fully saturated rings. The Bertz CT molecular complexity index is 492. The third kappa shape index (κ3) is 2.94. The van der Waals surface area contributed by atoms with Gasteiger partial charge in [0.25, 0.3) is 0 Å². The van der Waals surface area contributed by atoms with Gasteiger partial charge in [0.05, 0.1) is 12.2 Å². The van der Waals surface area contributed by atoms with E-state index in [-0.39, 0.29) is 23.5 Å². The van der Waals surface area contributed by atoms with Crippen LogP contribution in [0, 0.1) is 5.41 Å². The second-order valence-electron chi connectivity index (χ2n) is 6.44. The van der Waals surface area contributed by atoms with Crippen LogP contribution < -0.4 is 0 Å². The molecule has 2 heterocycles. The number of carbonyl (C=O) groups excluding carboxylic acids is 1. The lowest BCUT2D eigenvalue weighted by molar-refractivity contribution is -0.210. The number of aliphatic hydroxyl groups is 1. The van der Waals surface area contributed by atoms with Gasteiger partial charge in [0.1, 0.15) is 0 Å². The van der Waals surface area contributed by atoms with Gasteiger partial charge in [-0.25, -0.2) is 0 Å². The lowest BCUT2D eigenvalue weighted by Gasteiger charge is -2.56. The van der Waals surface area contributed by atoms with E-state index >= 15 is 0 Å². The largest absolute Gasteiger partial charge is 0.392 e. The predicted molar refractivity (Wildman–Crippen MR) is 86.9 cm³/mol. The molecule has 4 nitrogen and oxygen atoms in total. The maximum absolute atomic E-state index is 12.3. The average Bonchev–Trinajstić information content (AvgIpc) is 3.06. The molecule has 1 amide bonds. The van der Waals surface area contributed by atoms with Gasteiger partial charge in [0.2, 0.25) is 5.91 Å². The van der Waals surface area contributed by atoms with Gasteiger partial charge in [-0.15, -0.1) is 0 Å². The van der Waals surface area contributed by atoms with Gasteiger partial charge in [-0.05, 0) is 48.6 Å². The molecule has 22 heavy (non-hydrogen) atoms. The maximum atomic E-state index is 12.3. The molecule has 3 rings (SSSR count). The second kappa shape index (κ2) is 6.69. The van der Waals surface area contributed by atoms with Gasteiger partial charge >= 0.3 is 0 Å². The number of amides is 1. The van der Waals surface area contributed by atoms with Gasteiger partial charge in [-0.2, -0.15) is 11.3 Å². The van der Waals surface area contributed by atoms with Gasteiger partial charge in [0, 0.05) is 38.0 Å². The molecule has 1 aromatic heterocycles. The number of hydrogen-bond acceptors (Lipinski definition) is 4. The Balaban J connectivity index is 1.49. The monoisotopic (exact) mass is 323 g/mol. The van der Waals surface area contributed by atoms with E-state index in [4.69, 9.17) is 4.74 Å². The molecule has 1 aliphatic carbocycles. The number of likely N-dealkylation sites (tertiary alicyclic amines) is 1.